The van der Waals surface area contributed by atoms with Crippen LogP contribution in [-0.2, 0) is 17.9 Å². The minimum Gasteiger partial charge on any atom is -0.467 e. The molecule has 0 unspecified atom stereocenters. The van der Waals surface area contributed by atoms with Crippen molar-refractivity contribution >= 4 is 0 Å². The molecule has 1 fully saturated rings. The van der Waals surface area contributed by atoms with E-state index in [2.05, 4.69) is 15.0 Å². The van der Waals surface area contributed by atoms with Gasteiger partial charge in [-0.05, 0) is 37.4 Å². The van der Waals surface area contributed by atoms with Crippen LogP contribution in [0.5, 0.6) is 0 Å². The molecule has 2 aromatic rings. The topological polar surface area (TPSA) is 76.6 Å². The van der Waals surface area contributed by atoms with Gasteiger partial charge in [0.2, 0.25) is 0 Å². The molecule has 126 valence electrons. The van der Waals surface area contributed by atoms with Crippen molar-refractivity contribution in [3.8, 4) is 0 Å². The Bertz CT molecular complexity index is 544. The number of piperidine rings is 1. The van der Waals surface area contributed by atoms with E-state index in [-0.39, 0.29) is 0 Å². The fraction of sp³-hybridized carbons (Fsp3) is 0.625. The zero-order valence-corrected chi connectivity index (χ0v) is 13.3. The number of rotatable bonds is 8. The minimum atomic E-state index is -0.477. The number of ether oxygens (including phenoxy) is 1. The van der Waals surface area contributed by atoms with Gasteiger partial charge in [0.15, 0.2) is 0 Å². The van der Waals surface area contributed by atoms with E-state index in [0.717, 1.165) is 31.8 Å². The standard InChI is InChI=1S/C16H24N4O3/c21-15(10-22-11-16-4-2-6-23-16)9-19-5-1-3-14(7-19)8-20-13-17-12-18-20/h2,4,6,12-15,21H,1,3,5,7-11H2/t14-,15-/m0/s1. The molecule has 0 aromatic carbocycles. The van der Waals surface area contributed by atoms with Crippen LogP contribution in [0.1, 0.15) is 18.6 Å². The normalized spacial score (nSPS) is 20.7. The van der Waals surface area contributed by atoms with Gasteiger partial charge < -0.3 is 19.2 Å². The van der Waals surface area contributed by atoms with E-state index in [1.54, 1.807) is 18.9 Å². The summed E-state index contributed by atoms with van der Waals surface area (Å²) in [5.74, 6) is 1.34. The van der Waals surface area contributed by atoms with Gasteiger partial charge >= 0.3 is 0 Å². The van der Waals surface area contributed by atoms with Crippen molar-refractivity contribution in [3.63, 3.8) is 0 Å². The molecule has 3 rings (SSSR count). The molecule has 0 aliphatic carbocycles. The Morgan fingerprint density at radius 1 is 1.48 bits per heavy atom. The molecule has 1 N–H and O–H groups in total. The van der Waals surface area contributed by atoms with Crippen LogP contribution in [0.2, 0.25) is 0 Å². The second kappa shape index (κ2) is 8.24. The van der Waals surface area contributed by atoms with Gasteiger partial charge in [0.25, 0.3) is 0 Å². The molecule has 1 aliphatic rings. The largest absolute Gasteiger partial charge is 0.467 e. The number of furan rings is 1. The number of hydrogen-bond acceptors (Lipinski definition) is 6. The predicted octanol–water partition coefficient (Wildman–Crippen LogP) is 1.16. The van der Waals surface area contributed by atoms with Gasteiger partial charge in [-0.2, -0.15) is 5.10 Å². The molecule has 2 aromatic heterocycles. The Balaban J connectivity index is 1.36. The Labute approximate surface area is 135 Å². The van der Waals surface area contributed by atoms with Crippen molar-refractivity contribution in [2.24, 2.45) is 5.92 Å². The maximum absolute atomic E-state index is 10.1. The lowest BCUT2D eigenvalue weighted by Gasteiger charge is -2.33. The summed E-state index contributed by atoms with van der Waals surface area (Å²) >= 11 is 0. The number of aliphatic hydroxyl groups excluding tert-OH is 1. The number of likely N-dealkylation sites (tertiary alicyclic amines) is 1. The molecule has 3 heterocycles. The van der Waals surface area contributed by atoms with Crippen LogP contribution in [0.25, 0.3) is 0 Å². The van der Waals surface area contributed by atoms with Crippen LogP contribution in [-0.4, -0.2) is 57.1 Å². The van der Waals surface area contributed by atoms with Gasteiger partial charge in [0, 0.05) is 19.6 Å². The highest BCUT2D eigenvalue weighted by atomic mass is 16.5. The average molecular weight is 320 g/mol. The summed E-state index contributed by atoms with van der Waals surface area (Å²) in [4.78, 5) is 6.30. The first-order chi connectivity index (χ1) is 11.3. The monoisotopic (exact) mass is 320 g/mol. The summed E-state index contributed by atoms with van der Waals surface area (Å²) in [6, 6.07) is 3.70. The Hall–Kier alpha value is -1.70. The smallest absolute Gasteiger partial charge is 0.137 e. The fourth-order valence-electron chi connectivity index (χ4n) is 3.10. The number of aliphatic hydroxyl groups is 1. The highest BCUT2D eigenvalue weighted by Crippen LogP contribution is 2.18. The van der Waals surface area contributed by atoms with E-state index in [1.165, 1.54) is 6.42 Å². The van der Waals surface area contributed by atoms with Gasteiger partial charge in [0.1, 0.15) is 25.0 Å². The lowest BCUT2D eigenvalue weighted by atomic mass is 9.98. The zero-order chi connectivity index (χ0) is 15.9. The maximum Gasteiger partial charge on any atom is 0.137 e. The molecule has 1 saturated heterocycles. The van der Waals surface area contributed by atoms with Crippen LogP contribution in [0.3, 0.4) is 0 Å². The van der Waals surface area contributed by atoms with Gasteiger partial charge in [-0.15, -0.1) is 0 Å². The third-order valence-electron chi connectivity index (χ3n) is 4.12. The molecule has 0 amide bonds. The molecular formula is C16H24N4O3. The predicted molar refractivity (Wildman–Crippen MR) is 83.6 cm³/mol. The van der Waals surface area contributed by atoms with E-state index >= 15 is 0 Å². The Morgan fingerprint density at radius 3 is 3.22 bits per heavy atom. The highest BCUT2D eigenvalue weighted by Gasteiger charge is 2.22. The summed E-state index contributed by atoms with van der Waals surface area (Å²) in [6.45, 7) is 4.27. The van der Waals surface area contributed by atoms with Gasteiger partial charge in [-0.1, -0.05) is 0 Å². The minimum absolute atomic E-state index is 0.324. The summed E-state index contributed by atoms with van der Waals surface area (Å²) < 4.78 is 12.6. The summed E-state index contributed by atoms with van der Waals surface area (Å²) in [7, 11) is 0. The molecule has 1 aliphatic heterocycles. The fourth-order valence-corrected chi connectivity index (χ4v) is 3.10. The van der Waals surface area contributed by atoms with Crippen LogP contribution >= 0.6 is 0 Å². The lowest BCUT2D eigenvalue weighted by molar-refractivity contribution is -0.00198. The second-order valence-corrected chi connectivity index (χ2v) is 6.13. The van der Waals surface area contributed by atoms with Crippen molar-refractivity contribution < 1.29 is 14.3 Å². The molecule has 23 heavy (non-hydrogen) atoms. The summed E-state index contributed by atoms with van der Waals surface area (Å²) in [5, 5.41) is 14.3. The van der Waals surface area contributed by atoms with E-state index in [0.29, 0.717) is 25.7 Å². The van der Waals surface area contributed by atoms with Gasteiger partial charge in [-0.3, -0.25) is 4.68 Å². The van der Waals surface area contributed by atoms with E-state index in [4.69, 9.17) is 9.15 Å². The molecule has 7 heteroatoms. The Morgan fingerprint density at radius 2 is 2.43 bits per heavy atom. The SMILES string of the molecule is O[C@H](COCc1ccco1)CN1CCC[C@H](Cn2cncn2)C1. The van der Waals surface area contributed by atoms with Crippen molar-refractivity contribution in [2.45, 2.75) is 32.1 Å². The van der Waals surface area contributed by atoms with E-state index in [1.807, 2.05) is 16.8 Å². The summed E-state index contributed by atoms with van der Waals surface area (Å²) in [6.07, 6.45) is 6.82. The van der Waals surface area contributed by atoms with Crippen LogP contribution in [0.15, 0.2) is 35.5 Å². The number of aromatic nitrogens is 3. The van der Waals surface area contributed by atoms with Crippen molar-refractivity contribution in [3.05, 3.63) is 36.8 Å². The average Bonchev–Trinajstić information content (AvgIpc) is 3.21. The van der Waals surface area contributed by atoms with Crippen LogP contribution in [0, 0.1) is 5.92 Å². The molecular weight excluding hydrogens is 296 g/mol. The molecule has 7 nitrogen and oxygen atoms in total. The third kappa shape index (κ3) is 5.16. The molecule has 0 radical (unpaired) electrons. The molecule has 0 spiro atoms. The molecule has 0 saturated carbocycles. The highest BCUT2D eigenvalue weighted by molar-refractivity contribution is 4.96. The number of β-amino-alcohol motifs (C(OH)–C–C–N with tert-alkyl or cyclic N) is 1. The van der Waals surface area contributed by atoms with Crippen LogP contribution in [0.4, 0.5) is 0 Å². The molecule has 0 bridgehead atoms. The van der Waals surface area contributed by atoms with Crippen molar-refractivity contribution in [1.29, 1.82) is 0 Å². The first-order valence-electron chi connectivity index (χ1n) is 8.12. The van der Waals surface area contributed by atoms with Gasteiger partial charge in [-0.25, -0.2) is 4.98 Å². The summed E-state index contributed by atoms with van der Waals surface area (Å²) in [5.41, 5.74) is 0. The van der Waals surface area contributed by atoms with Crippen LogP contribution < -0.4 is 0 Å². The maximum atomic E-state index is 10.1. The van der Waals surface area contributed by atoms with E-state index < -0.39 is 6.10 Å². The van der Waals surface area contributed by atoms with Crippen molar-refractivity contribution in [2.75, 3.05) is 26.2 Å². The van der Waals surface area contributed by atoms with Crippen molar-refractivity contribution in [1.82, 2.24) is 19.7 Å². The van der Waals surface area contributed by atoms with E-state index in [9.17, 15) is 5.11 Å². The first kappa shape index (κ1) is 16.2. The first-order valence-corrected chi connectivity index (χ1v) is 8.12. The number of nitrogens with zero attached hydrogens (tertiary/aromatic N) is 4. The van der Waals surface area contributed by atoms with Gasteiger partial charge in [0.05, 0.1) is 19.0 Å². The number of hydrogen-bond donors (Lipinski definition) is 1. The zero-order valence-electron chi connectivity index (χ0n) is 13.3. The quantitative estimate of drug-likeness (QED) is 0.786. The second-order valence-electron chi connectivity index (χ2n) is 6.13. The lowest BCUT2D eigenvalue weighted by Crippen LogP contribution is -2.42. The third-order valence-corrected chi connectivity index (χ3v) is 4.12. The molecule has 2 atom stereocenters. The Kier molecular flexibility index (Phi) is 5.79.